The molecular formula is C20H22N2O4. The molecule has 0 amide bonds. The zero-order chi connectivity index (χ0) is 18.7. The van der Waals surface area contributed by atoms with Crippen LogP contribution in [-0.4, -0.2) is 35.6 Å². The van der Waals surface area contributed by atoms with E-state index in [2.05, 4.69) is 9.88 Å². The van der Waals surface area contributed by atoms with Crippen LogP contribution < -0.4 is 4.90 Å². The quantitative estimate of drug-likeness (QED) is 0.831. The van der Waals surface area contributed by atoms with Crippen LogP contribution in [0.2, 0.25) is 0 Å². The van der Waals surface area contributed by atoms with Crippen LogP contribution in [0.1, 0.15) is 39.9 Å². The van der Waals surface area contributed by atoms with Gasteiger partial charge in [-0.3, -0.25) is 4.79 Å². The van der Waals surface area contributed by atoms with Crippen LogP contribution in [0.5, 0.6) is 0 Å². The van der Waals surface area contributed by atoms with Crippen molar-refractivity contribution in [2.45, 2.75) is 32.3 Å². The Bertz CT molecular complexity index is 809. The molecule has 0 saturated carbocycles. The highest BCUT2D eigenvalue weighted by atomic mass is 16.5. The molecule has 2 heterocycles. The van der Waals surface area contributed by atoms with Gasteiger partial charge in [-0.1, -0.05) is 12.1 Å². The minimum Gasteiger partial charge on any atom is -0.478 e. The Balaban J connectivity index is 1.85. The van der Waals surface area contributed by atoms with Gasteiger partial charge in [-0.15, -0.1) is 0 Å². The van der Waals surface area contributed by atoms with E-state index in [-0.39, 0.29) is 5.56 Å². The number of piperidine rings is 1. The van der Waals surface area contributed by atoms with E-state index in [0.29, 0.717) is 32.4 Å². The first-order valence-electron chi connectivity index (χ1n) is 8.59. The van der Waals surface area contributed by atoms with Crippen molar-refractivity contribution in [3.63, 3.8) is 0 Å². The molecule has 0 atom stereocenters. The molecule has 0 spiro atoms. The molecule has 1 fully saturated rings. The lowest BCUT2D eigenvalue weighted by Gasteiger charge is -2.41. The Morgan fingerprint density at radius 1 is 1.23 bits per heavy atom. The number of rotatable bonds is 5. The number of aromatic carboxylic acids is 1. The van der Waals surface area contributed by atoms with Gasteiger partial charge in [-0.2, -0.15) is 0 Å². The predicted octanol–water partition coefficient (Wildman–Crippen LogP) is 3.07. The van der Waals surface area contributed by atoms with E-state index >= 15 is 0 Å². The number of benzene rings is 1. The summed E-state index contributed by atoms with van der Waals surface area (Å²) < 4.78 is 5.57. The van der Waals surface area contributed by atoms with Gasteiger partial charge in [0.05, 0.1) is 5.56 Å². The van der Waals surface area contributed by atoms with Gasteiger partial charge in [0.15, 0.2) is 0 Å². The maximum Gasteiger partial charge on any atom is 0.335 e. The average molecular weight is 354 g/mol. The fourth-order valence-corrected chi connectivity index (χ4v) is 3.59. The number of ether oxygens (including phenoxy) is 1. The number of anilines is 1. The van der Waals surface area contributed by atoms with Crippen molar-refractivity contribution >= 4 is 18.3 Å². The van der Waals surface area contributed by atoms with E-state index in [1.165, 1.54) is 0 Å². The Morgan fingerprint density at radius 2 is 1.96 bits per heavy atom. The fraction of sp³-hybridized carbons (Fsp3) is 0.350. The zero-order valence-electron chi connectivity index (χ0n) is 14.9. The van der Waals surface area contributed by atoms with Gasteiger partial charge in [0, 0.05) is 32.1 Å². The Hall–Kier alpha value is -2.89. The number of carboxylic acid groups (broad SMARTS) is 1. The van der Waals surface area contributed by atoms with Crippen LogP contribution in [-0.2, 0) is 15.1 Å². The molecule has 1 aromatic carbocycles. The number of hydrogen-bond donors (Lipinski definition) is 1. The minimum atomic E-state index is -0.967. The summed E-state index contributed by atoms with van der Waals surface area (Å²) in [5.41, 5.74) is 2.29. The van der Waals surface area contributed by atoms with Crippen molar-refractivity contribution in [1.29, 1.82) is 0 Å². The molecule has 0 aliphatic carbocycles. The molecule has 2 aromatic rings. The monoisotopic (exact) mass is 354 g/mol. The fourth-order valence-electron chi connectivity index (χ4n) is 3.59. The molecule has 0 radical (unpaired) electrons. The molecule has 0 bridgehead atoms. The van der Waals surface area contributed by atoms with Crippen molar-refractivity contribution in [3.05, 3.63) is 58.8 Å². The molecule has 1 N–H and O–H groups in total. The summed E-state index contributed by atoms with van der Waals surface area (Å²) in [7, 11) is 0. The van der Waals surface area contributed by atoms with Crippen LogP contribution in [0.4, 0.5) is 5.82 Å². The maximum atomic E-state index is 11.2. The number of carbonyl (C=O) groups excluding carboxylic acids is 1. The van der Waals surface area contributed by atoms with Gasteiger partial charge in [-0.05, 0) is 48.7 Å². The molecule has 6 heteroatoms. The second kappa shape index (κ2) is 7.15. The summed E-state index contributed by atoms with van der Waals surface area (Å²) >= 11 is 0. The van der Waals surface area contributed by atoms with Gasteiger partial charge in [0.1, 0.15) is 11.4 Å². The van der Waals surface area contributed by atoms with Crippen molar-refractivity contribution in [2.24, 2.45) is 0 Å². The molecule has 3 rings (SSSR count). The largest absolute Gasteiger partial charge is 0.478 e. The summed E-state index contributed by atoms with van der Waals surface area (Å²) in [6, 6.07) is 8.98. The number of pyridine rings is 1. The standard InChI is InChI=1S/C20H22N2O4/c1-14-3-6-18(21-12-14)22-9-7-20(8-10-22,26-13-23)17-5-4-16(19(24)25)11-15(17)2/h3-6,11-13H,7-10H2,1-2H3,(H,24,25). The lowest BCUT2D eigenvalue weighted by Crippen LogP contribution is -2.45. The van der Waals surface area contributed by atoms with E-state index in [1.54, 1.807) is 18.2 Å². The number of nitrogens with zero attached hydrogens (tertiary/aromatic N) is 2. The minimum absolute atomic E-state index is 0.230. The van der Waals surface area contributed by atoms with E-state index < -0.39 is 11.6 Å². The highest BCUT2D eigenvalue weighted by Crippen LogP contribution is 2.39. The van der Waals surface area contributed by atoms with Crippen LogP contribution in [0, 0.1) is 13.8 Å². The third kappa shape index (κ3) is 3.40. The third-order valence-electron chi connectivity index (χ3n) is 5.03. The molecule has 136 valence electrons. The Kier molecular flexibility index (Phi) is 4.93. The summed E-state index contributed by atoms with van der Waals surface area (Å²) in [5.74, 6) is -0.0569. The SMILES string of the molecule is Cc1ccc(N2CCC(OC=O)(c3ccc(C(=O)O)cc3C)CC2)nc1. The summed E-state index contributed by atoms with van der Waals surface area (Å²) in [5, 5.41) is 9.16. The van der Waals surface area contributed by atoms with E-state index in [9.17, 15) is 9.59 Å². The molecule has 6 nitrogen and oxygen atoms in total. The van der Waals surface area contributed by atoms with Crippen LogP contribution in [0.15, 0.2) is 36.5 Å². The highest BCUT2D eigenvalue weighted by Gasteiger charge is 2.39. The second-order valence-corrected chi connectivity index (χ2v) is 6.72. The average Bonchev–Trinajstić information content (AvgIpc) is 2.63. The molecule has 26 heavy (non-hydrogen) atoms. The second-order valence-electron chi connectivity index (χ2n) is 6.72. The zero-order valence-corrected chi connectivity index (χ0v) is 14.9. The van der Waals surface area contributed by atoms with Crippen molar-refractivity contribution < 1.29 is 19.4 Å². The third-order valence-corrected chi connectivity index (χ3v) is 5.03. The number of aromatic nitrogens is 1. The van der Waals surface area contributed by atoms with Crippen molar-refractivity contribution in [1.82, 2.24) is 4.98 Å². The summed E-state index contributed by atoms with van der Waals surface area (Å²) in [6.45, 7) is 5.74. The van der Waals surface area contributed by atoms with E-state index in [4.69, 9.17) is 9.84 Å². The van der Waals surface area contributed by atoms with Crippen LogP contribution >= 0.6 is 0 Å². The van der Waals surface area contributed by atoms with Gasteiger partial charge < -0.3 is 14.7 Å². The van der Waals surface area contributed by atoms with E-state index in [1.807, 2.05) is 32.2 Å². The van der Waals surface area contributed by atoms with Crippen molar-refractivity contribution in [2.75, 3.05) is 18.0 Å². The Morgan fingerprint density at radius 3 is 2.50 bits per heavy atom. The number of carboxylic acids is 1. The van der Waals surface area contributed by atoms with Crippen LogP contribution in [0.25, 0.3) is 0 Å². The van der Waals surface area contributed by atoms with Gasteiger partial charge >= 0.3 is 5.97 Å². The maximum absolute atomic E-state index is 11.2. The first-order valence-corrected chi connectivity index (χ1v) is 8.59. The summed E-state index contributed by atoms with van der Waals surface area (Å²) in [6.07, 6.45) is 3.08. The number of carbonyl (C=O) groups is 2. The lowest BCUT2D eigenvalue weighted by molar-refractivity contribution is -0.147. The smallest absolute Gasteiger partial charge is 0.335 e. The molecule has 1 aromatic heterocycles. The predicted molar refractivity (Wildman–Crippen MR) is 97.4 cm³/mol. The van der Waals surface area contributed by atoms with Crippen LogP contribution in [0.3, 0.4) is 0 Å². The molecular weight excluding hydrogens is 332 g/mol. The Labute approximate surface area is 152 Å². The highest BCUT2D eigenvalue weighted by molar-refractivity contribution is 5.87. The number of aryl methyl sites for hydroxylation is 2. The first-order chi connectivity index (χ1) is 12.4. The molecule has 0 unspecified atom stereocenters. The lowest BCUT2D eigenvalue weighted by atomic mass is 9.81. The molecule has 1 aliphatic heterocycles. The first kappa shape index (κ1) is 17.9. The topological polar surface area (TPSA) is 79.7 Å². The summed E-state index contributed by atoms with van der Waals surface area (Å²) in [4.78, 5) is 29.0. The molecule has 1 aliphatic rings. The van der Waals surface area contributed by atoms with Gasteiger partial charge in [-0.25, -0.2) is 9.78 Å². The van der Waals surface area contributed by atoms with Crippen molar-refractivity contribution in [3.8, 4) is 0 Å². The van der Waals surface area contributed by atoms with E-state index in [0.717, 1.165) is 22.5 Å². The number of hydrogen-bond acceptors (Lipinski definition) is 5. The molecule has 1 saturated heterocycles. The van der Waals surface area contributed by atoms with Gasteiger partial charge in [0.25, 0.3) is 6.47 Å². The van der Waals surface area contributed by atoms with Gasteiger partial charge in [0.2, 0.25) is 0 Å². The normalized spacial score (nSPS) is 16.2.